The van der Waals surface area contributed by atoms with Crippen LogP contribution >= 0.6 is 0 Å². The Hall–Kier alpha value is -2.41. The average Bonchev–Trinajstić information content (AvgIpc) is 2.38. The second-order valence-electron chi connectivity index (χ2n) is 4.14. The van der Waals surface area contributed by atoms with Crippen LogP contribution in [0.25, 0.3) is 11.4 Å². The number of anilines is 1. The molecule has 90 valence electrons. The van der Waals surface area contributed by atoms with Crippen LogP contribution in [0, 0.1) is 25.2 Å². The van der Waals surface area contributed by atoms with Crippen molar-refractivity contribution >= 4 is 5.82 Å². The number of benzene rings is 1. The second-order valence-corrected chi connectivity index (χ2v) is 4.14. The molecule has 0 unspecified atom stereocenters. The normalized spacial score (nSPS) is 9.89. The molecule has 0 radical (unpaired) electrons. The van der Waals surface area contributed by atoms with E-state index in [4.69, 9.17) is 5.26 Å². The maximum Gasteiger partial charge on any atom is 0.163 e. The predicted molar refractivity (Wildman–Crippen MR) is 71.2 cm³/mol. The van der Waals surface area contributed by atoms with Crippen LogP contribution in [0.4, 0.5) is 5.82 Å². The topological polar surface area (TPSA) is 61.6 Å². The lowest BCUT2D eigenvalue weighted by Crippen LogP contribution is -2.00. The Morgan fingerprint density at radius 3 is 2.56 bits per heavy atom. The van der Waals surface area contributed by atoms with Crippen LogP contribution < -0.4 is 5.32 Å². The van der Waals surface area contributed by atoms with Crippen molar-refractivity contribution in [2.75, 3.05) is 12.4 Å². The summed E-state index contributed by atoms with van der Waals surface area (Å²) in [5, 5.41) is 11.9. The average molecular weight is 238 g/mol. The molecular formula is C14H14N4. The number of aromatic nitrogens is 2. The SMILES string of the molecule is CNc1cc(C#N)nc(-c2ccc(C)cc2C)n1. The third-order valence-corrected chi connectivity index (χ3v) is 2.72. The molecule has 0 fully saturated rings. The maximum absolute atomic E-state index is 8.97. The van der Waals surface area contributed by atoms with Gasteiger partial charge in [-0.3, -0.25) is 0 Å². The fourth-order valence-electron chi connectivity index (χ4n) is 1.82. The third-order valence-electron chi connectivity index (χ3n) is 2.72. The van der Waals surface area contributed by atoms with Crippen LogP contribution in [0.2, 0.25) is 0 Å². The zero-order valence-electron chi connectivity index (χ0n) is 10.7. The van der Waals surface area contributed by atoms with Crippen LogP contribution in [-0.4, -0.2) is 17.0 Å². The minimum Gasteiger partial charge on any atom is -0.373 e. The molecule has 18 heavy (non-hydrogen) atoms. The first kappa shape index (κ1) is 12.1. The minimum absolute atomic E-state index is 0.365. The van der Waals surface area contributed by atoms with E-state index in [0.29, 0.717) is 17.3 Å². The molecule has 1 heterocycles. The van der Waals surface area contributed by atoms with E-state index in [-0.39, 0.29) is 0 Å². The molecule has 4 heteroatoms. The van der Waals surface area contributed by atoms with Gasteiger partial charge in [-0.1, -0.05) is 23.8 Å². The van der Waals surface area contributed by atoms with E-state index in [9.17, 15) is 0 Å². The van der Waals surface area contributed by atoms with Crippen molar-refractivity contribution in [1.82, 2.24) is 9.97 Å². The Labute approximate surface area is 106 Å². The van der Waals surface area contributed by atoms with Crippen LogP contribution in [0.1, 0.15) is 16.8 Å². The van der Waals surface area contributed by atoms with E-state index in [2.05, 4.69) is 27.4 Å². The van der Waals surface area contributed by atoms with E-state index in [1.54, 1.807) is 13.1 Å². The molecule has 1 aromatic carbocycles. The molecule has 0 aliphatic carbocycles. The summed E-state index contributed by atoms with van der Waals surface area (Å²) in [5.74, 6) is 1.23. The largest absolute Gasteiger partial charge is 0.373 e. The van der Waals surface area contributed by atoms with Gasteiger partial charge in [-0.05, 0) is 19.4 Å². The first-order valence-corrected chi connectivity index (χ1v) is 5.68. The van der Waals surface area contributed by atoms with Gasteiger partial charge >= 0.3 is 0 Å². The van der Waals surface area contributed by atoms with E-state index in [1.807, 2.05) is 26.0 Å². The van der Waals surface area contributed by atoms with Gasteiger partial charge in [0.05, 0.1) is 0 Å². The van der Waals surface area contributed by atoms with Gasteiger partial charge < -0.3 is 5.32 Å². The molecule has 0 atom stereocenters. The fourth-order valence-corrected chi connectivity index (χ4v) is 1.82. The summed E-state index contributed by atoms with van der Waals surface area (Å²) >= 11 is 0. The van der Waals surface area contributed by atoms with Gasteiger partial charge in [0.25, 0.3) is 0 Å². The molecule has 2 rings (SSSR count). The van der Waals surface area contributed by atoms with Crippen LogP contribution in [0.15, 0.2) is 24.3 Å². The first-order chi connectivity index (χ1) is 8.63. The fraction of sp³-hybridized carbons (Fsp3) is 0.214. The van der Waals surface area contributed by atoms with Crippen molar-refractivity contribution in [2.24, 2.45) is 0 Å². The molecule has 0 bridgehead atoms. The molecule has 0 aliphatic heterocycles. The Morgan fingerprint density at radius 1 is 1.17 bits per heavy atom. The highest BCUT2D eigenvalue weighted by Gasteiger charge is 2.08. The molecular weight excluding hydrogens is 224 g/mol. The van der Waals surface area contributed by atoms with Crippen LogP contribution in [0.3, 0.4) is 0 Å². The number of nitrogens with one attached hydrogen (secondary N) is 1. The molecule has 0 saturated heterocycles. The molecule has 0 spiro atoms. The highest BCUT2D eigenvalue weighted by Crippen LogP contribution is 2.22. The van der Waals surface area contributed by atoms with Crippen molar-refractivity contribution < 1.29 is 0 Å². The lowest BCUT2D eigenvalue weighted by Gasteiger charge is -2.07. The van der Waals surface area contributed by atoms with Gasteiger partial charge in [-0.2, -0.15) is 5.26 Å². The van der Waals surface area contributed by atoms with Crippen molar-refractivity contribution in [3.8, 4) is 17.5 Å². The van der Waals surface area contributed by atoms with Gasteiger partial charge in [0.2, 0.25) is 0 Å². The zero-order chi connectivity index (χ0) is 13.1. The van der Waals surface area contributed by atoms with E-state index >= 15 is 0 Å². The summed E-state index contributed by atoms with van der Waals surface area (Å²) in [6.45, 7) is 4.06. The highest BCUT2D eigenvalue weighted by atomic mass is 15.0. The third kappa shape index (κ3) is 2.30. The monoisotopic (exact) mass is 238 g/mol. The number of nitriles is 1. The van der Waals surface area contributed by atoms with Gasteiger partial charge in [0.1, 0.15) is 17.6 Å². The van der Waals surface area contributed by atoms with Crippen molar-refractivity contribution in [2.45, 2.75) is 13.8 Å². The Morgan fingerprint density at radius 2 is 1.94 bits per heavy atom. The molecule has 0 aliphatic rings. The Kier molecular flexibility index (Phi) is 3.24. The summed E-state index contributed by atoms with van der Waals surface area (Å²) in [6.07, 6.45) is 0. The highest BCUT2D eigenvalue weighted by molar-refractivity contribution is 5.63. The van der Waals surface area contributed by atoms with E-state index in [0.717, 1.165) is 11.1 Å². The van der Waals surface area contributed by atoms with E-state index < -0.39 is 0 Å². The smallest absolute Gasteiger partial charge is 0.163 e. The number of hydrogen-bond donors (Lipinski definition) is 1. The molecule has 1 N–H and O–H groups in total. The Bertz CT molecular complexity index is 626. The standard InChI is InChI=1S/C14H14N4/c1-9-4-5-12(10(2)6-9)14-17-11(8-15)7-13(16-3)18-14/h4-7H,1-3H3,(H,16,17,18). The minimum atomic E-state index is 0.365. The molecule has 2 aromatic rings. The predicted octanol–water partition coefficient (Wildman–Crippen LogP) is 2.67. The van der Waals surface area contributed by atoms with Crippen LogP contribution in [0.5, 0.6) is 0 Å². The van der Waals surface area contributed by atoms with E-state index in [1.165, 1.54) is 5.56 Å². The van der Waals surface area contributed by atoms with Crippen LogP contribution in [-0.2, 0) is 0 Å². The number of rotatable bonds is 2. The summed E-state index contributed by atoms with van der Waals surface area (Å²) in [6, 6.07) is 9.77. The number of aryl methyl sites for hydroxylation is 2. The molecule has 1 aromatic heterocycles. The summed E-state index contributed by atoms with van der Waals surface area (Å²) in [7, 11) is 1.77. The second kappa shape index (κ2) is 4.84. The van der Waals surface area contributed by atoms with Gasteiger partial charge in [0.15, 0.2) is 5.82 Å². The quantitative estimate of drug-likeness (QED) is 0.873. The Balaban J connectivity index is 2.60. The molecule has 4 nitrogen and oxygen atoms in total. The zero-order valence-corrected chi connectivity index (χ0v) is 10.7. The number of nitrogens with zero attached hydrogens (tertiary/aromatic N) is 3. The van der Waals surface area contributed by atoms with Crippen molar-refractivity contribution in [3.63, 3.8) is 0 Å². The molecule has 0 saturated carbocycles. The first-order valence-electron chi connectivity index (χ1n) is 5.68. The number of hydrogen-bond acceptors (Lipinski definition) is 4. The van der Waals surface area contributed by atoms with Gasteiger partial charge in [-0.25, -0.2) is 9.97 Å². The van der Waals surface area contributed by atoms with Gasteiger partial charge in [-0.15, -0.1) is 0 Å². The lowest BCUT2D eigenvalue weighted by molar-refractivity contribution is 1.13. The van der Waals surface area contributed by atoms with Gasteiger partial charge in [0, 0.05) is 18.7 Å². The molecule has 0 amide bonds. The van der Waals surface area contributed by atoms with Crippen molar-refractivity contribution in [3.05, 3.63) is 41.1 Å². The van der Waals surface area contributed by atoms with Crippen molar-refractivity contribution in [1.29, 1.82) is 5.26 Å². The summed E-state index contributed by atoms with van der Waals surface area (Å²) in [4.78, 5) is 8.64. The summed E-state index contributed by atoms with van der Waals surface area (Å²) < 4.78 is 0. The lowest BCUT2D eigenvalue weighted by atomic mass is 10.1. The maximum atomic E-state index is 8.97. The summed E-state index contributed by atoms with van der Waals surface area (Å²) in [5.41, 5.74) is 3.62.